The Morgan fingerprint density at radius 1 is 0.521 bits per heavy atom. The summed E-state index contributed by atoms with van der Waals surface area (Å²) in [5.74, 6) is 0.341. The average molecular weight is 739 g/mol. The van der Waals surface area contributed by atoms with Crippen molar-refractivity contribution < 1.29 is 40.4 Å². The molecule has 282 valence electrons. The molecule has 0 aliphatic carbocycles. The van der Waals surface area contributed by atoms with Crippen molar-refractivity contribution in [3.8, 4) is 5.75 Å². The fourth-order valence-corrected chi connectivity index (χ4v) is 10.9. The molecule has 0 fully saturated rings. The van der Waals surface area contributed by atoms with E-state index in [0.29, 0.717) is 29.9 Å². The molecule has 0 aliphatic heterocycles. The smallest absolute Gasteiger partial charge is 0.335 e. The van der Waals surface area contributed by atoms with Gasteiger partial charge in [0.05, 0.1) is 56.0 Å². The summed E-state index contributed by atoms with van der Waals surface area (Å²) in [5, 5.41) is 0. The van der Waals surface area contributed by atoms with Gasteiger partial charge in [0.15, 0.2) is 9.84 Å². The highest BCUT2D eigenvalue weighted by atomic mass is 32.2. The van der Waals surface area contributed by atoms with Crippen molar-refractivity contribution in [1.29, 1.82) is 0 Å². The van der Waals surface area contributed by atoms with Crippen molar-refractivity contribution in [3.63, 3.8) is 0 Å². The van der Waals surface area contributed by atoms with Crippen molar-refractivity contribution in [2.24, 2.45) is 0 Å². The second-order valence-corrected chi connectivity index (χ2v) is 18.6. The largest absolute Gasteiger partial charge is 0.493 e. The number of unbranched alkanes of at least 4 members (excludes halogenated alkanes) is 14. The SMILES string of the molecule is CCCCCCCCCCOc1cc(CP(=O)(OCC)OCC)c(S(=O)(=O)CCCCCCCCCC)cc1CP(=O)(OCC)OCC. The first-order valence-corrected chi connectivity index (χ1v) is 23.9. The fraction of sp³-hybridized carbons (Fsp3) is 0.833. The molecule has 0 radical (unpaired) electrons. The minimum Gasteiger partial charge on any atom is -0.493 e. The third-order valence-electron chi connectivity index (χ3n) is 8.13. The van der Waals surface area contributed by atoms with E-state index in [9.17, 15) is 17.5 Å². The van der Waals surface area contributed by atoms with Gasteiger partial charge in [-0.3, -0.25) is 9.13 Å². The molecule has 0 heterocycles. The van der Waals surface area contributed by atoms with Gasteiger partial charge in [-0.15, -0.1) is 0 Å². The standard InChI is InChI=1S/C36H68O9P2S/c1-7-13-15-17-19-21-23-25-27-41-35-29-34(32-47(38,44-11-5)45-12-6)36(30-33(35)31-46(37,42-9-3)43-10-4)48(39,40)28-26-24-22-20-18-16-14-8-2/h29-30H,7-28,31-32H2,1-6H3. The lowest BCUT2D eigenvalue weighted by Crippen LogP contribution is -2.13. The van der Waals surface area contributed by atoms with Crippen molar-refractivity contribution in [2.45, 2.75) is 161 Å². The van der Waals surface area contributed by atoms with Crippen LogP contribution in [0.5, 0.6) is 5.75 Å². The lowest BCUT2D eigenvalue weighted by Gasteiger charge is -2.23. The van der Waals surface area contributed by atoms with Crippen LogP contribution in [0, 0.1) is 0 Å². The van der Waals surface area contributed by atoms with Gasteiger partial charge in [-0.1, -0.05) is 104 Å². The van der Waals surface area contributed by atoms with Gasteiger partial charge in [0.2, 0.25) is 0 Å². The van der Waals surface area contributed by atoms with E-state index >= 15 is 0 Å². The molecule has 1 rings (SSSR count). The molecule has 0 N–H and O–H groups in total. The lowest BCUT2D eigenvalue weighted by molar-refractivity contribution is 0.217. The first-order chi connectivity index (χ1) is 23.0. The number of hydrogen-bond donors (Lipinski definition) is 0. The molecule has 9 nitrogen and oxygen atoms in total. The topological polar surface area (TPSA) is 114 Å². The van der Waals surface area contributed by atoms with Gasteiger partial charge >= 0.3 is 15.2 Å². The van der Waals surface area contributed by atoms with E-state index in [2.05, 4.69) is 13.8 Å². The minimum atomic E-state index is -3.82. The van der Waals surface area contributed by atoms with Crippen molar-refractivity contribution in [3.05, 3.63) is 23.3 Å². The van der Waals surface area contributed by atoms with E-state index < -0.39 is 25.0 Å². The summed E-state index contributed by atoms with van der Waals surface area (Å²) in [7, 11) is -11.1. The predicted molar refractivity (Wildman–Crippen MR) is 198 cm³/mol. The molecule has 0 spiro atoms. The van der Waals surface area contributed by atoms with Crippen LogP contribution in [0.2, 0.25) is 0 Å². The average Bonchev–Trinajstić information content (AvgIpc) is 3.02. The summed E-state index contributed by atoms with van der Waals surface area (Å²) in [6.07, 6.45) is 17.0. The molecule has 0 unspecified atom stereocenters. The van der Waals surface area contributed by atoms with Crippen molar-refractivity contribution >= 4 is 25.0 Å². The summed E-state index contributed by atoms with van der Waals surface area (Å²) in [6, 6.07) is 3.17. The highest BCUT2D eigenvalue weighted by Crippen LogP contribution is 2.55. The molecule has 0 aromatic heterocycles. The Morgan fingerprint density at radius 2 is 0.917 bits per heavy atom. The third kappa shape index (κ3) is 18.5. The second-order valence-electron chi connectivity index (χ2n) is 12.4. The third-order valence-corrected chi connectivity index (χ3v) is 14.1. The van der Waals surface area contributed by atoms with Gasteiger partial charge in [-0.2, -0.15) is 0 Å². The minimum absolute atomic E-state index is 0.0408. The monoisotopic (exact) mass is 738 g/mol. The first kappa shape index (κ1) is 45.3. The van der Waals surface area contributed by atoms with E-state index in [4.69, 9.17) is 22.8 Å². The Labute approximate surface area is 293 Å². The van der Waals surface area contributed by atoms with Gasteiger partial charge < -0.3 is 22.8 Å². The second kappa shape index (κ2) is 26.1. The van der Waals surface area contributed by atoms with Crippen molar-refractivity contribution in [2.75, 3.05) is 38.8 Å². The maximum absolute atomic E-state index is 14.0. The van der Waals surface area contributed by atoms with Gasteiger partial charge in [0, 0.05) is 5.56 Å². The Balaban J connectivity index is 3.43. The Morgan fingerprint density at radius 3 is 1.35 bits per heavy atom. The molecular formula is C36H68O9P2S. The van der Waals surface area contributed by atoms with Crippen LogP contribution in [-0.2, 0) is 49.4 Å². The van der Waals surface area contributed by atoms with Crippen molar-refractivity contribution in [1.82, 2.24) is 0 Å². The maximum Gasteiger partial charge on any atom is 0.335 e. The zero-order valence-electron chi connectivity index (χ0n) is 31.1. The number of ether oxygens (including phenoxy) is 1. The van der Waals surface area contributed by atoms with Gasteiger partial charge in [-0.05, 0) is 58.2 Å². The highest BCUT2D eigenvalue weighted by molar-refractivity contribution is 7.91. The highest BCUT2D eigenvalue weighted by Gasteiger charge is 2.32. The first-order valence-electron chi connectivity index (χ1n) is 18.8. The van der Waals surface area contributed by atoms with Gasteiger partial charge in [0.1, 0.15) is 5.75 Å². The van der Waals surface area contributed by atoms with Gasteiger partial charge in [-0.25, -0.2) is 8.42 Å². The summed E-state index contributed by atoms with van der Waals surface area (Å²) in [6.45, 7) is 12.4. The number of sulfone groups is 1. The van der Waals surface area contributed by atoms with Crippen LogP contribution in [-0.4, -0.2) is 47.2 Å². The zero-order valence-corrected chi connectivity index (χ0v) is 33.7. The molecule has 1 aromatic rings. The molecule has 0 amide bonds. The van der Waals surface area contributed by atoms with Crippen LogP contribution in [0.25, 0.3) is 0 Å². The molecule has 0 aliphatic rings. The molecule has 48 heavy (non-hydrogen) atoms. The van der Waals surface area contributed by atoms with Crippen LogP contribution in [0.1, 0.15) is 155 Å². The molecule has 12 heteroatoms. The Kier molecular flexibility index (Phi) is 24.6. The van der Waals surface area contributed by atoms with Crippen LogP contribution in [0.4, 0.5) is 0 Å². The van der Waals surface area contributed by atoms with E-state index in [1.165, 1.54) is 63.9 Å². The molecule has 0 atom stereocenters. The Hall–Kier alpha value is -0.730. The van der Waals surface area contributed by atoms with E-state index in [1.807, 2.05) is 0 Å². The summed E-state index contributed by atoms with van der Waals surface area (Å²) >= 11 is 0. The molecule has 1 aromatic carbocycles. The molecular weight excluding hydrogens is 670 g/mol. The molecule has 0 bridgehead atoms. The van der Waals surface area contributed by atoms with Crippen LogP contribution in [0.3, 0.4) is 0 Å². The van der Waals surface area contributed by atoms with Crippen LogP contribution in [0.15, 0.2) is 17.0 Å². The summed E-state index contributed by atoms with van der Waals surface area (Å²) in [4.78, 5) is 0.0408. The van der Waals surface area contributed by atoms with E-state index in [1.54, 1.807) is 33.8 Å². The van der Waals surface area contributed by atoms with E-state index in [0.717, 1.165) is 38.5 Å². The normalized spacial score (nSPS) is 12.5. The quantitative estimate of drug-likeness (QED) is 0.0526. The fourth-order valence-electron chi connectivity index (χ4n) is 5.73. The van der Waals surface area contributed by atoms with E-state index in [-0.39, 0.29) is 49.4 Å². The number of hydrogen-bond acceptors (Lipinski definition) is 9. The maximum atomic E-state index is 14.0. The molecule has 0 saturated carbocycles. The molecule has 0 saturated heterocycles. The number of benzene rings is 1. The van der Waals surface area contributed by atoms with Crippen LogP contribution >= 0.6 is 15.2 Å². The summed E-state index contributed by atoms with van der Waals surface area (Å²) in [5.41, 5.74) is 0.748. The summed E-state index contributed by atoms with van der Waals surface area (Å²) < 4.78 is 84.1. The van der Waals surface area contributed by atoms with Crippen LogP contribution < -0.4 is 4.74 Å². The Bertz CT molecular complexity index is 1170. The van der Waals surface area contributed by atoms with Gasteiger partial charge in [0.25, 0.3) is 0 Å². The predicted octanol–water partition coefficient (Wildman–Crippen LogP) is 11.7. The lowest BCUT2D eigenvalue weighted by atomic mass is 10.1. The number of rotatable bonds is 32. The zero-order chi connectivity index (χ0) is 35.7.